The van der Waals surface area contributed by atoms with Gasteiger partial charge in [-0.2, -0.15) is 0 Å². The van der Waals surface area contributed by atoms with Gasteiger partial charge in [-0.15, -0.1) is 34.2 Å². The van der Waals surface area contributed by atoms with Crippen LogP contribution in [0.4, 0.5) is 0 Å². The molecule has 0 spiro atoms. The van der Waals surface area contributed by atoms with Crippen molar-refractivity contribution in [3.05, 3.63) is 47.0 Å². The highest BCUT2D eigenvalue weighted by molar-refractivity contribution is 14.0. The number of aliphatic imine (C=N–C) groups is 1. The molecule has 27 heavy (non-hydrogen) atoms. The van der Waals surface area contributed by atoms with Crippen LogP contribution in [0.5, 0.6) is 0 Å². The Kier molecular flexibility index (Phi) is 8.34. The Morgan fingerprint density at radius 2 is 2.00 bits per heavy atom. The molecule has 3 rings (SSSR count). The average molecular weight is 503 g/mol. The molecule has 148 valence electrons. The maximum atomic E-state index is 6.04. The number of hydrogen-bond donors (Lipinski definition) is 2. The fraction of sp³-hybridized carbons (Fsp3) is 0.526. The fourth-order valence-corrected chi connectivity index (χ4v) is 3.61. The van der Waals surface area contributed by atoms with E-state index >= 15 is 0 Å². The topological polar surface area (TPSA) is 67.1 Å². The van der Waals surface area contributed by atoms with Crippen molar-refractivity contribution in [3.8, 4) is 0 Å². The van der Waals surface area contributed by atoms with Gasteiger partial charge < -0.3 is 15.2 Å². The summed E-state index contributed by atoms with van der Waals surface area (Å²) in [5, 5.41) is 15.7. The van der Waals surface area contributed by atoms with Crippen molar-refractivity contribution in [1.29, 1.82) is 0 Å². The number of hydrogen-bond acceptors (Lipinski definition) is 3. The number of rotatable bonds is 7. The maximum absolute atomic E-state index is 6.04. The molecule has 2 aromatic rings. The second-order valence-corrected chi connectivity index (χ2v) is 7.22. The predicted octanol–water partition coefficient (Wildman–Crippen LogP) is 3.40. The van der Waals surface area contributed by atoms with Gasteiger partial charge in [0.25, 0.3) is 0 Å². The van der Waals surface area contributed by atoms with Crippen molar-refractivity contribution < 1.29 is 0 Å². The van der Waals surface area contributed by atoms with Crippen LogP contribution >= 0.6 is 35.6 Å². The normalized spacial score (nSPS) is 15.6. The van der Waals surface area contributed by atoms with Gasteiger partial charge in [0.2, 0.25) is 0 Å². The number of aromatic nitrogens is 3. The van der Waals surface area contributed by atoms with Gasteiger partial charge in [-0.25, -0.2) is 0 Å². The molecule has 6 nitrogen and oxygen atoms in total. The summed E-state index contributed by atoms with van der Waals surface area (Å²) in [7, 11) is 1.81. The lowest BCUT2D eigenvalue weighted by atomic mass is 9.64. The molecule has 1 aliphatic rings. The lowest BCUT2D eigenvalue weighted by Gasteiger charge is -2.43. The Morgan fingerprint density at radius 1 is 1.26 bits per heavy atom. The van der Waals surface area contributed by atoms with Crippen LogP contribution in [0.2, 0.25) is 5.02 Å². The molecule has 0 radical (unpaired) electrons. The van der Waals surface area contributed by atoms with Crippen molar-refractivity contribution in [2.24, 2.45) is 4.99 Å². The largest absolute Gasteiger partial charge is 0.356 e. The molecule has 1 aromatic carbocycles. The Morgan fingerprint density at radius 3 is 2.59 bits per heavy atom. The van der Waals surface area contributed by atoms with E-state index in [0.29, 0.717) is 0 Å². The number of benzene rings is 1. The first kappa shape index (κ1) is 21.9. The summed E-state index contributed by atoms with van der Waals surface area (Å²) in [6.45, 7) is 4.56. The number of guanidine groups is 1. The number of aryl methyl sites for hydroxylation is 1. The van der Waals surface area contributed by atoms with Crippen molar-refractivity contribution >= 4 is 41.5 Å². The quantitative estimate of drug-likeness (QED) is 0.346. The molecule has 2 N–H and O–H groups in total. The summed E-state index contributed by atoms with van der Waals surface area (Å²) in [5.74, 6) is 1.84. The molecule has 0 saturated heterocycles. The summed E-state index contributed by atoms with van der Waals surface area (Å²) in [4.78, 5) is 4.35. The number of nitrogens with zero attached hydrogens (tertiary/aromatic N) is 4. The molecule has 0 unspecified atom stereocenters. The van der Waals surface area contributed by atoms with Gasteiger partial charge in [0.15, 0.2) is 5.96 Å². The lowest BCUT2D eigenvalue weighted by Crippen LogP contribution is -2.49. The van der Waals surface area contributed by atoms with Crippen LogP contribution in [0, 0.1) is 0 Å². The minimum absolute atomic E-state index is 0. The summed E-state index contributed by atoms with van der Waals surface area (Å²) in [6, 6.07) is 8.26. The van der Waals surface area contributed by atoms with Crippen molar-refractivity contribution in [1.82, 2.24) is 25.4 Å². The third kappa shape index (κ3) is 5.34. The Bertz CT molecular complexity index is 739. The molecular weight excluding hydrogens is 475 g/mol. The van der Waals surface area contributed by atoms with Crippen molar-refractivity contribution in [2.45, 2.75) is 44.6 Å². The minimum atomic E-state index is 0. The Labute approximate surface area is 183 Å². The van der Waals surface area contributed by atoms with Crippen molar-refractivity contribution in [2.75, 3.05) is 20.1 Å². The van der Waals surface area contributed by atoms with E-state index in [-0.39, 0.29) is 29.4 Å². The lowest BCUT2D eigenvalue weighted by molar-refractivity contribution is 0.244. The molecule has 8 heteroatoms. The summed E-state index contributed by atoms with van der Waals surface area (Å²) >= 11 is 6.04. The van der Waals surface area contributed by atoms with Gasteiger partial charge in [0.05, 0.1) is 0 Å². The van der Waals surface area contributed by atoms with E-state index in [1.807, 2.05) is 12.1 Å². The molecule has 0 atom stereocenters. The Hall–Kier alpha value is -1.35. The second-order valence-electron chi connectivity index (χ2n) is 6.79. The smallest absolute Gasteiger partial charge is 0.191 e. The molecule has 0 aliphatic heterocycles. The predicted molar refractivity (Wildman–Crippen MR) is 121 cm³/mol. The highest BCUT2D eigenvalue weighted by Gasteiger charge is 2.38. The molecule has 1 aromatic heterocycles. The van der Waals surface area contributed by atoms with Crippen molar-refractivity contribution in [3.63, 3.8) is 0 Å². The minimum Gasteiger partial charge on any atom is -0.356 e. The second kappa shape index (κ2) is 10.3. The van der Waals surface area contributed by atoms with Gasteiger partial charge >= 0.3 is 0 Å². The zero-order valence-corrected chi connectivity index (χ0v) is 19.0. The van der Waals surface area contributed by atoms with Crippen LogP contribution in [0.15, 0.2) is 35.6 Å². The van der Waals surface area contributed by atoms with E-state index in [1.165, 1.54) is 24.8 Å². The molecule has 0 amide bonds. The van der Waals surface area contributed by atoms with Gasteiger partial charge in [0, 0.05) is 43.5 Å². The van der Waals surface area contributed by atoms with Gasteiger partial charge in [-0.05, 0) is 30.5 Å². The van der Waals surface area contributed by atoms with E-state index in [1.54, 1.807) is 13.4 Å². The molecular formula is C19H28ClIN6. The highest BCUT2D eigenvalue weighted by Crippen LogP contribution is 2.43. The van der Waals surface area contributed by atoms with Crippen LogP contribution in [-0.2, 0) is 18.4 Å². The summed E-state index contributed by atoms with van der Waals surface area (Å²) < 4.78 is 2.07. The first-order valence-corrected chi connectivity index (χ1v) is 9.62. The average Bonchev–Trinajstić information content (AvgIpc) is 3.08. The molecule has 1 heterocycles. The first-order valence-electron chi connectivity index (χ1n) is 9.24. The fourth-order valence-electron chi connectivity index (χ4n) is 3.48. The van der Waals surface area contributed by atoms with Gasteiger partial charge in [-0.3, -0.25) is 4.99 Å². The first-order chi connectivity index (χ1) is 12.7. The van der Waals surface area contributed by atoms with E-state index in [2.05, 4.69) is 49.4 Å². The zero-order valence-electron chi connectivity index (χ0n) is 15.9. The number of nitrogens with one attached hydrogen (secondary N) is 2. The standard InChI is InChI=1S/C19H27ClN6.HI/c1-3-17-25-24-14-26(17)12-11-22-18(21-2)23-13-19(9-4-10-19)15-5-7-16(20)8-6-15;/h5-8,14H,3-4,9-13H2,1-2H3,(H2,21,22,23);1H. The van der Waals surface area contributed by atoms with Crippen LogP contribution in [0.25, 0.3) is 0 Å². The van der Waals surface area contributed by atoms with E-state index in [9.17, 15) is 0 Å². The zero-order chi connectivity index (χ0) is 18.4. The molecule has 0 bridgehead atoms. The summed E-state index contributed by atoms with van der Waals surface area (Å²) in [6.07, 6.45) is 6.32. The number of halogens is 2. The van der Waals surface area contributed by atoms with Crippen LogP contribution < -0.4 is 10.6 Å². The molecule has 1 saturated carbocycles. The SMILES string of the molecule is CCc1nncn1CCNC(=NC)NCC1(c2ccc(Cl)cc2)CCC1.I. The van der Waals surface area contributed by atoms with E-state index in [0.717, 1.165) is 42.9 Å². The maximum Gasteiger partial charge on any atom is 0.191 e. The van der Waals surface area contributed by atoms with Crippen LogP contribution in [-0.4, -0.2) is 40.9 Å². The van der Waals surface area contributed by atoms with Crippen LogP contribution in [0.3, 0.4) is 0 Å². The van der Waals surface area contributed by atoms with Crippen LogP contribution in [0.1, 0.15) is 37.6 Å². The van der Waals surface area contributed by atoms with Gasteiger partial charge in [0.1, 0.15) is 12.2 Å². The third-order valence-corrected chi connectivity index (χ3v) is 5.49. The molecule has 1 fully saturated rings. The molecule has 1 aliphatic carbocycles. The summed E-state index contributed by atoms with van der Waals surface area (Å²) in [5.41, 5.74) is 1.54. The van der Waals surface area contributed by atoms with Gasteiger partial charge in [-0.1, -0.05) is 37.1 Å². The Balaban J connectivity index is 0.00000261. The highest BCUT2D eigenvalue weighted by atomic mass is 127. The van der Waals surface area contributed by atoms with E-state index < -0.39 is 0 Å². The monoisotopic (exact) mass is 502 g/mol. The van der Waals surface area contributed by atoms with E-state index in [4.69, 9.17) is 11.6 Å². The third-order valence-electron chi connectivity index (χ3n) is 5.24.